The van der Waals surface area contributed by atoms with Crippen LogP contribution in [0.15, 0.2) is 4.82 Å². The molecule has 0 aromatic carbocycles. The standard InChI is InChI=1S/C17H36OSi2/c1-13(2)20(14(3)4,15(5)6)16(12-18)19(10,11)17(7,8)9/h13-15H,1-11H3. The molecule has 118 valence electrons. The summed E-state index contributed by atoms with van der Waals surface area (Å²) in [6.07, 6.45) is 0. The molecule has 20 heavy (non-hydrogen) atoms. The molecule has 1 nitrogen and oxygen atoms in total. The summed E-state index contributed by atoms with van der Waals surface area (Å²) in [5, 5.41) is 0.205. The minimum Gasteiger partial charge on any atom is -0.234 e. The maximum absolute atomic E-state index is 12.1. The van der Waals surface area contributed by atoms with Gasteiger partial charge in [-0.05, 0) is 26.5 Å². The van der Waals surface area contributed by atoms with Crippen molar-refractivity contribution in [1.82, 2.24) is 0 Å². The summed E-state index contributed by atoms with van der Waals surface area (Å²) in [5.41, 5.74) is 1.77. The molecule has 0 aromatic heterocycles. The topological polar surface area (TPSA) is 17.1 Å². The van der Waals surface area contributed by atoms with Gasteiger partial charge >= 0.3 is 0 Å². The average molecular weight is 313 g/mol. The maximum atomic E-state index is 12.1. The van der Waals surface area contributed by atoms with Gasteiger partial charge in [0, 0.05) is 0 Å². The third-order valence-electron chi connectivity index (χ3n) is 5.90. The Morgan fingerprint density at radius 3 is 1.30 bits per heavy atom. The van der Waals surface area contributed by atoms with E-state index in [0.717, 1.165) is 0 Å². The van der Waals surface area contributed by atoms with Crippen LogP contribution in [0.25, 0.3) is 0 Å². The number of carbonyl (C=O) groups excluding carboxylic acids is 1. The number of rotatable bonds is 5. The van der Waals surface area contributed by atoms with Gasteiger partial charge in [-0.2, -0.15) is 0 Å². The lowest BCUT2D eigenvalue weighted by atomic mass is 10.2. The SMILES string of the molecule is CC(C)[Si](C(=C=O)[Si](C)(C)C(C)(C)C)(C(C)C)C(C)C. The van der Waals surface area contributed by atoms with Crippen LogP contribution in [-0.4, -0.2) is 22.1 Å². The summed E-state index contributed by atoms with van der Waals surface area (Å²) in [6, 6.07) is 0. The third-order valence-corrected chi connectivity index (χ3v) is 20.9. The van der Waals surface area contributed by atoms with E-state index in [4.69, 9.17) is 0 Å². The highest BCUT2D eigenvalue weighted by Gasteiger charge is 2.54. The average Bonchev–Trinajstić information content (AvgIpc) is 2.21. The molecule has 0 heterocycles. The minimum atomic E-state index is -1.85. The van der Waals surface area contributed by atoms with Crippen molar-refractivity contribution in [3.63, 3.8) is 0 Å². The van der Waals surface area contributed by atoms with Gasteiger partial charge in [0.05, 0.1) is 16.1 Å². The summed E-state index contributed by atoms with van der Waals surface area (Å²) in [5.74, 6) is 2.52. The smallest absolute Gasteiger partial charge is 0.114 e. The van der Waals surface area contributed by atoms with Gasteiger partial charge in [0.15, 0.2) is 0 Å². The second kappa shape index (κ2) is 6.33. The molecule has 0 aromatic rings. The van der Waals surface area contributed by atoms with Crippen LogP contribution in [0.1, 0.15) is 62.3 Å². The largest absolute Gasteiger partial charge is 0.234 e. The van der Waals surface area contributed by atoms with Crippen LogP contribution in [0.5, 0.6) is 0 Å². The minimum absolute atomic E-state index is 0.205. The Kier molecular flexibility index (Phi) is 6.30. The molecule has 0 aliphatic rings. The fourth-order valence-electron chi connectivity index (χ4n) is 4.00. The van der Waals surface area contributed by atoms with Crippen LogP contribution in [0, 0.1) is 0 Å². The van der Waals surface area contributed by atoms with Gasteiger partial charge in [-0.15, -0.1) is 0 Å². The fraction of sp³-hybridized carbons (Fsp3) is 0.882. The Hall–Kier alpha value is -0.116. The summed E-state index contributed by atoms with van der Waals surface area (Å²) in [6.45, 7) is 25.6. The molecule has 0 bridgehead atoms. The van der Waals surface area contributed by atoms with E-state index < -0.39 is 16.1 Å². The van der Waals surface area contributed by atoms with Crippen LogP contribution < -0.4 is 0 Å². The zero-order valence-corrected chi connectivity index (χ0v) is 17.6. The first-order valence-corrected chi connectivity index (χ1v) is 13.3. The number of hydrogen-bond acceptors (Lipinski definition) is 1. The van der Waals surface area contributed by atoms with E-state index in [9.17, 15) is 4.79 Å². The van der Waals surface area contributed by atoms with Gasteiger partial charge in [0.2, 0.25) is 0 Å². The Bertz CT molecular complexity index is 359. The number of hydrogen-bond donors (Lipinski definition) is 0. The lowest BCUT2D eigenvalue weighted by Crippen LogP contribution is -2.57. The Labute approximate surface area is 129 Å². The van der Waals surface area contributed by atoms with Gasteiger partial charge in [-0.3, -0.25) is 0 Å². The van der Waals surface area contributed by atoms with Crippen molar-refractivity contribution in [3.05, 3.63) is 4.82 Å². The molecule has 0 radical (unpaired) electrons. The first-order chi connectivity index (χ1) is 8.77. The van der Waals surface area contributed by atoms with E-state index in [1.165, 1.54) is 4.82 Å². The fourth-order valence-corrected chi connectivity index (χ4v) is 19.0. The highest BCUT2D eigenvalue weighted by molar-refractivity contribution is 7.10. The van der Waals surface area contributed by atoms with Gasteiger partial charge in [0.1, 0.15) is 5.94 Å². The third kappa shape index (κ3) is 3.05. The molecule has 0 aliphatic carbocycles. The van der Waals surface area contributed by atoms with Crippen molar-refractivity contribution < 1.29 is 4.79 Å². The molecular weight excluding hydrogens is 276 g/mol. The highest BCUT2D eigenvalue weighted by atomic mass is 28.4. The molecule has 0 spiro atoms. The van der Waals surface area contributed by atoms with Crippen LogP contribution in [0.2, 0.25) is 34.8 Å². The molecule has 0 N–H and O–H groups in total. The normalized spacial score (nSPS) is 14.1. The molecule has 0 atom stereocenters. The second-order valence-electron chi connectivity index (χ2n) is 8.75. The van der Waals surface area contributed by atoms with Crippen molar-refractivity contribution in [3.8, 4) is 0 Å². The van der Waals surface area contributed by atoms with E-state index in [0.29, 0.717) is 16.6 Å². The van der Waals surface area contributed by atoms with E-state index in [1.807, 2.05) is 0 Å². The van der Waals surface area contributed by atoms with E-state index in [2.05, 4.69) is 81.3 Å². The summed E-state index contributed by atoms with van der Waals surface area (Å²) >= 11 is 0. The summed E-state index contributed by atoms with van der Waals surface area (Å²) < 4.78 is 0. The van der Waals surface area contributed by atoms with Crippen molar-refractivity contribution in [2.45, 2.75) is 97.1 Å². The summed E-state index contributed by atoms with van der Waals surface area (Å²) in [7, 11) is -3.65. The molecular formula is C17H36OSi2. The van der Waals surface area contributed by atoms with Crippen molar-refractivity contribution in [2.75, 3.05) is 0 Å². The van der Waals surface area contributed by atoms with Crippen LogP contribution >= 0.6 is 0 Å². The van der Waals surface area contributed by atoms with E-state index in [-0.39, 0.29) is 5.04 Å². The van der Waals surface area contributed by atoms with Gasteiger partial charge in [-0.25, -0.2) is 4.79 Å². The zero-order chi connectivity index (χ0) is 16.5. The lowest BCUT2D eigenvalue weighted by Gasteiger charge is -2.51. The van der Waals surface area contributed by atoms with E-state index >= 15 is 0 Å². The highest BCUT2D eigenvalue weighted by Crippen LogP contribution is 2.52. The molecule has 0 unspecified atom stereocenters. The molecule has 0 saturated carbocycles. The Balaban J connectivity index is 6.39. The lowest BCUT2D eigenvalue weighted by molar-refractivity contribution is 0.568. The van der Waals surface area contributed by atoms with E-state index in [1.54, 1.807) is 0 Å². The second-order valence-corrected chi connectivity index (χ2v) is 20.3. The predicted molar refractivity (Wildman–Crippen MR) is 97.5 cm³/mol. The Morgan fingerprint density at radius 2 is 1.15 bits per heavy atom. The van der Waals surface area contributed by atoms with Gasteiger partial charge < -0.3 is 0 Å². The molecule has 0 saturated heterocycles. The van der Waals surface area contributed by atoms with Gasteiger partial charge in [-0.1, -0.05) is 75.4 Å². The predicted octanol–water partition coefficient (Wildman–Crippen LogP) is 6.01. The van der Waals surface area contributed by atoms with Crippen LogP contribution in [0.3, 0.4) is 0 Å². The molecule has 0 amide bonds. The summed E-state index contributed by atoms with van der Waals surface area (Å²) in [4.78, 5) is 13.3. The van der Waals surface area contributed by atoms with Crippen molar-refractivity contribution in [1.29, 1.82) is 0 Å². The molecule has 0 aliphatic heterocycles. The monoisotopic (exact) mass is 312 g/mol. The Morgan fingerprint density at radius 1 is 0.850 bits per heavy atom. The van der Waals surface area contributed by atoms with Crippen molar-refractivity contribution in [2.24, 2.45) is 0 Å². The van der Waals surface area contributed by atoms with Crippen molar-refractivity contribution >= 4 is 22.1 Å². The molecule has 0 rings (SSSR count). The first-order valence-electron chi connectivity index (χ1n) is 8.03. The molecule has 3 heteroatoms. The van der Waals surface area contributed by atoms with Crippen LogP contribution in [-0.2, 0) is 4.79 Å². The maximum Gasteiger partial charge on any atom is 0.114 e. The van der Waals surface area contributed by atoms with Gasteiger partial charge in [0.25, 0.3) is 0 Å². The van der Waals surface area contributed by atoms with Crippen LogP contribution in [0.4, 0.5) is 0 Å². The molecule has 0 fully saturated rings. The quantitative estimate of drug-likeness (QED) is 0.449. The zero-order valence-electron chi connectivity index (χ0n) is 15.6. The first kappa shape index (κ1) is 19.9.